The van der Waals surface area contributed by atoms with Crippen LogP contribution in [0.3, 0.4) is 0 Å². The number of nitrogens with one attached hydrogen (secondary N) is 2. The van der Waals surface area contributed by atoms with Crippen LogP contribution in [-0.4, -0.2) is 34.8 Å². The van der Waals surface area contributed by atoms with Crippen LogP contribution in [0, 0.1) is 5.41 Å². The molecule has 0 aliphatic carbocycles. The fourth-order valence-electron chi connectivity index (χ4n) is 2.61. The number of carbonyl (C=O) groups excluding carboxylic acids is 3. The van der Waals surface area contributed by atoms with E-state index in [1.807, 2.05) is 0 Å². The van der Waals surface area contributed by atoms with Gasteiger partial charge in [-0.2, -0.15) is 0 Å². The summed E-state index contributed by atoms with van der Waals surface area (Å²) in [7, 11) is 0. The summed E-state index contributed by atoms with van der Waals surface area (Å²) < 4.78 is 10.6. The van der Waals surface area contributed by atoms with Crippen LogP contribution in [0.4, 0.5) is 5.69 Å². The third-order valence-electron chi connectivity index (χ3n) is 4.02. The van der Waals surface area contributed by atoms with Gasteiger partial charge in [-0.1, -0.05) is 12.1 Å². The van der Waals surface area contributed by atoms with Crippen molar-refractivity contribution in [3.8, 4) is 0 Å². The van der Waals surface area contributed by atoms with Crippen LogP contribution in [0.25, 0.3) is 0 Å². The van der Waals surface area contributed by atoms with Gasteiger partial charge < -0.3 is 14.8 Å². The minimum Gasteiger partial charge on any atom is -0.456 e. The highest BCUT2D eigenvalue weighted by Gasteiger charge is 2.19. The second-order valence-corrected chi connectivity index (χ2v) is 9.39. The van der Waals surface area contributed by atoms with Gasteiger partial charge in [-0.3, -0.25) is 10.2 Å². The summed E-state index contributed by atoms with van der Waals surface area (Å²) in [5, 5.41) is 10.7. The Kier molecular flexibility index (Phi) is 7.56. The van der Waals surface area contributed by atoms with Crippen LogP contribution in [0.2, 0.25) is 0 Å². The summed E-state index contributed by atoms with van der Waals surface area (Å²) in [5.41, 5.74) is 0.657. The van der Waals surface area contributed by atoms with Gasteiger partial charge in [0, 0.05) is 12.1 Å². The number of hydrogen-bond donors (Lipinski definition) is 2. The molecule has 0 atom stereocenters. The first-order valence-corrected chi connectivity index (χ1v) is 10.3. The summed E-state index contributed by atoms with van der Waals surface area (Å²) >= 11 is 0. The van der Waals surface area contributed by atoms with Gasteiger partial charge in [-0.25, -0.2) is 9.59 Å². The van der Waals surface area contributed by atoms with E-state index in [0.717, 1.165) is 5.56 Å². The Morgan fingerprint density at radius 1 is 0.750 bits per heavy atom. The van der Waals surface area contributed by atoms with Crippen LogP contribution in [0.1, 0.15) is 67.8 Å². The Bertz CT molecular complexity index is 911. The molecule has 0 aromatic heterocycles. The van der Waals surface area contributed by atoms with Crippen LogP contribution in [0.15, 0.2) is 48.5 Å². The highest BCUT2D eigenvalue weighted by Crippen LogP contribution is 2.16. The minimum absolute atomic E-state index is 0.108. The molecule has 2 N–H and O–H groups in total. The molecule has 32 heavy (non-hydrogen) atoms. The second-order valence-electron chi connectivity index (χ2n) is 9.39. The predicted molar refractivity (Wildman–Crippen MR) is 123 cm³/mol. The van der Waals surface area contributed by atoms with Crippen molar-refractivity contribution in [3.63, 3.8) is 0 Å². The maximum Gasteiger partial charge on any atom is 0.338 e. The molecule has 0 heterocycles. The van der Waals surface area contributed by atoms with Gasteiger partial charge >= 0.3 is 11.9 Å². The molecule has 0 aliphatic heterocycles. The molecule has 0 saturated carbocycles. The molecule has 0 unspecified atom stereocenters. The largest absolute Gasteiger partial charge is 0.456 e. The monoisotopic (exact) mass is 438 g/mol. The maximum atomic E-state index is 12.4. The van der Waals surface area contributed by atoms with E-state index in [1.165, 1.54) is 0 Å². The van der Waals surface area contributed by atoms with Crippen molar-refractivity contribution < 1.29 is 23.9 Å². The summed E-state index contributed by atoms with van der Waals surface area (Å²) in [6.07, 6.45) is 0.108. The molecular formula is C25H30N2O5. The van der Waals surface area contributed by atoms with Crippen LogP contribution in [-0.2, 0) is 20.7 Å². The normalized spacial score (nSPS) is 11.4. The minimum atomic E-state index is -0.593. The van der Waals surface area contributed by atoms with Gasteiger partial charge in [-0.05, 0) is 83.5 Å². The van der Waals surface area contributed by atoms with Crippen molar-refractivity contribution in [3.05, 3.63) is 65.2 Å². The van der Waals surface area contributed by atoms with E-state index in [1.54, 1.807) is 90.1 Å². The molecule has 0 fully saturated rings. The zero-order valence-corrected chi connectivity index (χ0v) is 19.4. The lowest BCUT2D eigenvalue weighted by Crippen LogP contribution is -2.25. The van der Waals surface area contributed by atoms with E-state index < -0.39 is 29.0 Å². The lowest BCUT2D eigenvalue weighted by atomic mass is 10.1. The number of esters is 2. The Morgan fingerprint density at radius 2 is 1.16 bits per heavy atom. The summed E-state index contributed by atoms with van der Waals surface area (Å²) in [5.74, 6) is -1.42. The van der Waals surface area contributed by atoms with Crippen LogP contribution >= 0.6 is 0 Å². The summed E-state index contributed by atoms with van der Waals surface area (Å²) in [6, 6.07) is 12.9. The van der Waals surface area contributed by atoms with Gasteiger partial charge in [-0.15, -0.1) is 0 Å². The zero-order valence-electron chi connectivity index (χ0n) is 19.4. The fraction of sp³-hybridized carbons (Fsp3) is 0.360. The van der Waals surface area contributed by atoms with E-state index in [9.17, 15) is 14.4 Å². The third-order valence-corrected chi connectivity index (χ3v) is 4.02. The van der Waals surface area contributed by atoms with Crippen molar-refractivity contribution >= 4 is 29.2 Å². The summed E-state index contributed by atoms with van der Waals surface area (Å²) in [6.45, 7) is 10.8. The van der Waals surface area contributed by atoms with E-state index in [4.69, 9.17) is 14.9 Å². The van der Waals surface area contributed by atoms with E-state index in [0.29, 0.717) is 16.8 Å². The van der Waals surface area contributed by atoms with Crippen LogP contribution < -0.4 is 5.32 Å². The van der Waals surface area contributed by atoms with E-state index >= 15 is 0 Å². The Balaban J connectivity index is 1.93. The molecule has 1 amide bonds. The predicted octanol–water partition coefficient (Wildman–Crippen LogP) is 4.80. The second kappa shape index (κ2) is 9.77. The number of hydrogen-bond acceptors (Lipinski definition) is 6. The van der Waals surface area contributed by atoms with Crippen molar-refractivity contribution in [2.45, 2.75) is 59.2 Å². The average Bonchev–Trinajstić information content (AvgIpc) is 2.66. The first-order chi connectivity index (χ1) is 14.7. The number of benzene rings is 2. The Labute approximate surface area is 188 Å². The third kappa shape index (κ3) is 7.98. The summed E-state index contributed by atoms with van der Waals surface area (Å²) in [4.78, 5) is 36.5. The highest BCUT2D eigenvalue weighted by molar-refractivity contribution is 6.42. The SMILES string of the molecule is CC(C)(C)OC(=O)c1ccc(CC(=N)C(=O)Nc2ccc(C(=O)OC(C)(C)C)cc2)cc1. The van der Waals surface area contributed by atoms with Gasteiger partial charge in [0.2, 0.25) is 0 Å². The fourth-order valence-corrected chi connectivity index (χ4v) is 2.61. The van der Waals surface area contributed by atoms with Gasteiger partial charge in [0.15, 0.2) is 0 Å². The number of ether oxygens (including phenoxy) is 2. The molecular weight excluding hydrogens is 408 g/mol. The highest BCUT2D eigenvalue weighted by atomic mass is 16.6. The lowest BCUT2D eigenvalue weighted by molar-refractivity contribution is -0.110. The smallest absolute Gasteiger partial charge is 0.338 e. The van der Waals surface area contributed by atoms with E-state index in [2.05, 4.69) is 5.32 Å². The van der Waals surface area contributed by atoms with Crippen LogP contribution in [0.5, 0.6) is 0 Å². The molecule has 2 rings (SSSR count). The molecule has 7 nitrogen and oxygen atoms in total. The maximum absolute atomic E-state index is 12.4. The van der Waals surface area contributed by atoms with Gasteiger partial charge in [0.05, 0.1) is 11.1 Å². The Morgan fingerprint density at radius 3 is 1.56 bits per heavy atom. The molecule has 170 valence electrons. The van der Waals surface area contributed by atoms with Crippen molar-refractivity contribution in [1.29, 1.82) is 5.41 Å². The molecule has 0 spiro atoms. The van der Waals surface area contributed by atoms with Gasteiger partial charge in [0.25, 0.3) is 5.91 Å². The van der Waals surface area contributed by atoms with Gasteiger partial charge in [0.1, 0.15) is 16.9 Å². The van der Waals surface area contributed by atoms with Crippen molar-refractivity contribution in [2.75, 3.05) is 5.32 Å². The number of rotatable bonds is 6. The van der Waals surface area contributed by atoms with Crippen molar-refractivity contribution in [2.24, 2.45) is 0 Å². The first-order valence-electron chi connectivity index (χ1n) is 10.3. The topological polar surface area (TPSA) is 106 Å². The zero-order chi connectivity index (χ0) is 24.1. The molecule has 0 radical (unpaired) electrons. The standard InChI is InChI=1S/C25H30N2O5/c1-24(2,3)31-22(29)17-9-7-16(8-10-17)15-20(26)21(28)27-19-13-11-18(12-14-19)23(30)32-25(4,5)6/h7-14,26H,15H2,1-6H3,(H,27,28). The average molecular weight is 439 g/mol. The molecule has 2 aromatic carbocycles. The molecule has 0 saturated heterocycles. The molecule has 7 heteroatoms. The quantitative estimate of drug-likeness (QED) is 0.498. The first kappa shape index (κ1) is 24.8. The molecule has 0 bridgehead atoms. The lowest BCUT2D eigenvalue weighted by Gasteiger charge is -2.19. The number of amides is 1. The molecule has 2 aromatic rings. The number of anilines is 1. The van der Waals surface area contributed by atoms with Crippen molar-refractivity contribution in [1.82, 2.24) is 0 Å². The Hall–Kier alpha value is -3.48. The molecule has 0 aliphatic rings. The number of carbonyl (C=O) groups is 3. The van der Waals surface area contributed by atoms with E-state index in [-0.39, 0.29) is 12.1 Å².